The van der Waals surface area contributed by atoms with Crippen LogP contribution in [0.15, 0.2) is 48.1 Å². The number of carbonyl (C=O) groups excluding carboxylic acids is 1. The van der Waals surface area contributed by atoms with Crippen LogP contribution in [-0.4, -0.2) is 20.7 Å². The maximum atomic E-state index is 12.0. The van der Waals surface area contributed by atoms with E-state index in [0.717, 1.165) is 16.3 Å². The lowest BCUT2D eigenvalue weighted by molar-refractivity contribution is -0.116. The van der Waals surface area contributed by atoms with Crippen LogP contribution in [0.2, 0.25) is 0 Å². The Balaban J connectivity index is 1.70. The Morgan fingerprint density at radius 3 is 3.00 bits per heavy atom. The number of hydrogen-bond acceptors (Lipinski definition) is 5. The summed E-state index contributed by atoms with van der Waals surface area (Å²) >= 11 is 1.56. The quantitative estimate of drug-likeness (QED) is 0.773. The van der Waals surface area contributed by atoms with Crippen LogP contribution in [0.3, 0.4) is 0 Å². The highest BCUT2D eigenvalue weighted by Crippen LogP contribution is 2.24. The second-order valence-electron chi connectivity index (χ2n) is 4.40. The summed E-state index contributed by atoms with van der Waals surface area (Å²) in [5.41, 5.74) is 7.22. The van der Waals surface area contributed by atoms with Crippen LogP contribution in [0.5, 0.6) is 0 Å². The first kappa shape index (κ1) is 13.3. The molecule has 2 heterocycles. The smallest absolute Gasteiger partial charge is 0.246 e. The monoisotopic (exact) mass is 299 g/mol. The largest absolute Gasteiger partial charge is 0.382 e. The summed E-state index contributed by atoms with van der Waals surface area (Å²) in [6, 6.07) is 9.23. The third kappa shape index (κ3) is 3.26. The number of nitrogen functional groups attached to an aromatic ring is 1. The molecule has 7 heteroatoms. The third-order valence-corrected chi connectivity index (χ3v) is 3.61. The Kier molecular flexibility index (Phi) is 3.65. The van der Waals surface area contributed by atoms with Crippen molar-refractivity contribution >= 4 is 28.7 Å². The molecule has 1 amide bonds. The first-order chi connectivity index (χ1) is 10.2. The van der Waals surface area contributed by atoms with Crippen molar-refractivity contribution in [1.29, 1.82) is 0 Å². The maximum absolute atomic E-state index is 12.0. The molecule has 0 aliphatic carbocycles. The minimum Gasteiger partial charge on any atom is -0.382 e. The van der Waals surface area contributed by atoms with Gasteiger partial charge in [0.25, 0.3) is 0 Å². The summed E-state index contributed by atoms with van der Waals surface area (Å²) in [5.74, 6) is 0.239. The lowest BCUT2D eigenvalue weighted by Crippen LogP contribution is -2.19. The number of anilines is 2. The molecule has 3 aromatic rings. The van der Waals surface area contributed by atoms with Crippen LogP contribution in [0.4, 0.5) is 11.5 Å². The molecule has 2 aromatic heterocycles. The standard InChI is InChI=1S/C14H13N5OS/c15-12-4-6-19(18-12)9-13(20)17-11-3-1-2-10(8-11)14-16-5-7-21-14/h1-8H,9H2,(H2,15,18)(H,17,20). The molecule has 0 bridgehead atoms. The highest BCUT2D eigenvalue weighted by atomic mass is 32.1. The number of thiazole rings is 1. The lowest BCUT2D eigenvalue weighted by atomic mass is 10.2. The molecule has 6 nitrogen and oxygen atoms in total. The molecule has 0 unspecified atom stereocenters. The second kappa shape index (κ2) is 5.76. The van der Waals surface area contributed by atoms with E-state index in [1.807, 2.05) is 29.6 Å². The van der Waals surface area contributed by atoms with Crippen molar-refractivity contribution in [3.8, 4) is 10.6 Å². The van der Waals surface area contributed by atoms with Crippen LogP contribution in [-0.2, 0) is 11.3 Å². The topological polar surface area (TPSA) is 85.8 Å². The van der Waals surface area contributed by atoms with Gasteiger partial charge in [0.05, 0.1) is 0 Å². The molecule has 0 saturated carbocycles. The summed E-state index contributed by atoms with van der Waals surface area (Å²) < 4.78 is 1.50. The number of rotatable bonds is 4. The summed E-state index contributed by atoms with van der Waals surface area (Å²) in [6.45, 7) is 0.124. The predicted octanol–water partition coefficient (Wildman–Crippen LogP) is 2.23. The Morgan fingerprint density at radius 1 is 1.38 bits per heavy atom. The van der Waals surface area contributed by atoms with E-state index in [1.165, 1.54) is 4.68 Å². The summed E-state index contributed by atoms with van der Waals surface area (Å²) in [5, 5.41) is 9.66. The highest BCUT2D eigenvalue weighted by Gasteiger charge is 2.06. The number of aromatic nitrogens is 3. The second-order valence-corrected chi connectivity index (χ2v) is 5.30. The van der Waals surface area contributed by atoms with E-state index >= 15 is 0 Å². The molecule has 106 valence electrons. The van der Waals surface area contributed by atoms with Gasteiger partial charge < -0.3 is 11.1 Å². The molecular weight excluding hydrogens is 286 g/mol. The molecule has 0 spiro atoms. The van der Waals surface area contributed by atoms with Gasteiger partial charge in [-0.1, -0.05) is 12.1 Å². The van der Waals surface area contributed by atoms with Gasteiger partial charge in [-0.15, -0.1) is 11.3 Å². The van der Waals surface area contributed by atoms with Crippen LogP contribution in [0, 0.1) is 0 Å². The van der Waals surface area contributed by atoms with E-state index < -0.39 is 0 Å². The number of nitrogens with two attached hydrogens (primary N) is 1. The Morgan fingerprint density at radius 2 is 2.29 bits per heavy atom. The number of carbonyl (C=O) groups is 1. The third-order valence-electron chi connectivity index (χ3n) is 2.79. The van der Waals surface area contributed by atoms with Crippen molar-refractivity contribution < 1.29 is 4.79 Å². The first-order valence-corrected chi connectivity index (χ1v) is 7.17. The molecule has 0 aliphatic heterocycles. The number of amides is 1. The molecular formula is C14H13N5OS. The van der Waals surface area contributed by atoms with E-state index in [-0.39, 0.29) is 12.5 Å². The predicted molar refractivity (Wildman–Crippen MR) is 82.8 cm³/mol. The van der Waals surface area contributed by atoms with E-state index in [9.17, 15) is 4.79 Å². The van der Waals surface area contributed by atoms with Crippen molar-refractivity contribution in [3.63, 3.8) is 0 Å². The fraction of sp³-hybridized carbons (Fsp3) is 0.0714. The summed E-state index contributed by atoms with van der Waals surface area (Å²) in [7, 11) is 0. The fourth-order valence-electron chi connectivity index (χ4n) is 1.91. The SMILES string of the molecule is Nc1ccn(CC(=O)Nc2cccc(-c3nccs3)c2)n1. The van der Waals surface area contributed by atoms with Crippen LogP contribution in [0.1, 0.15) is 0 Å². The molecule has 0 radical (unpaired) electrons. The van der Waals surface area contributed by atoms with Gasteiger partial charge in [0.15, 0.2) is 0 Å². The van der Waals surface area contributed by atoms with Crippen molar-refractivity contribution in [2.75, 3.05) is 11.1 Å². The van der Waals surface area contributed by atoms with Crippen LogP contribution < -0.4 is 11.1 Å². The zero-order valence-electron chi connectivity index (χ0n) is 11.1. The molecule has 3 rings (SSSR count). The van der Waals surface area contributed by atoms with Gasteiger partial charge in [-0.05, 0) is 18.2 Å². The lowest BCUT2D eigenvalue weighted by Gasteiger charge is -2.06. The number of benzene rings is 1. The molecule has 21 heavy (non-hydrogen) atoms. The van der Waals surface area contributed by atoms with Crippen LogP contribution >= 0.6 is 11.3 Å². The molecule has 0 aliphatic rings. The molecule has 3 N–H and O–H groups in total. The minimum absolute atomic E-state index is 0.124. The van der Waals surface area contributed by atoms with Gasteiger partial charge in [-0.25, -0.2) is 4.98 Å². The van der Waals surface area contributed by atoms with Gasteiger partial charge >= 0.3 is 0 Å². The van der Waals surface area contributed by atoms with Gasteiger partial charge in [-0.2, -0.15) is 5.10 Å². The Labute approximate surface area is 125 Å². The Hall–Kier alpha value is -2.67. The van der Waals surface area contributed by atoms with Crippen LogP contribution in [0.25, 0.3) is 10.6 Å². The molecule has 1 aromatic carbocycles. The number of nitrogens with one attached hydrogen (secondary N) is 1. The normalized spacial score (nSPS) is 10.5. The summed E-state index contributed by atoms with van der Waals surface area (Å²) in [6.07, 6.45) is 3.42. The number of nitrogens with zero attached hydrogens (tertiary/aromatic N) is 3. The van der Waals surface area contributed by atoms with Gasteiger partial charge in [0.1, 0.15) is 17.4 Å². The van der Waals surface area contributed by atoms with Crippen molar-refractivity contribution in [3.05, 3.63) is 48.1 Å². The minimum atomic E-state index is -0.158. The fourth-order valence-corrected chi connectivity index (χ4v) is 2.54. The zero-order chi connectivity index (χ0) is 14.7. The van der Waals surface area contributed by atoms with E-state index in [4.69, 9.17) is 5.73 Å². The molecule has 0 atom stereocenters. The van der Waals surface area contributed by atoms with Gasteiger partial charge in [0.2, 0.25) is 5.91 Å². The van der Waals surface area contributed by atoms with Gasteiger partial charge in [-0.3, -0.25) is 9.48 Å². The van der Waals surface area contributed by atoms with Crippen molar-refractivity contribution in [2.24, 2.45) is 0 Å². The zero-order valence-corrected chi connectivity index (χ0v) is 11.9. The Bertz CT molecular complexity index is 750. The number of hydrogen-bond donors (Lipinski definition) is 2. The van der Waals surface area contributed by atoms with E-state index in [1.54, 1.807) is 29.8 Å². The average Bonchev–Trinajstić information content (AvgIpc) is 3.11. The average molecular weight is 299 g/mol. The van der Waals surface area contributed by atoms with Gasteiger partial charge in [0, 0.05) is 29.0 Å². The first-order valence-electron chi connectivity index (χ1n) is 6.29. The maximum Gasteiger partial charge on any atom is 0.246 e. The van der Waals surface area contributed by atoms with Crippen molar-refractivity contribution in [1.82, 2.24) is 14.8 Å². The van der Waals surface area contributed by atoms with E-state index in [2.05, 4.69) is 15.4 Å². The van der Waals surface area contributed by atoms with Crippen molar-refractivity contribution in [2.45, 2.75) is 6.54 Å². The molecule has 0 saturated heterocycles. The van der Waals surface area contributed by atoms with E-state index in [0.29, 0.717) is 5.82 Å². The molecule has 0 fully saturated rings. The highest BCUT2D eigenvalue weighted by molar-refractivity contribution is 7.13. The summed E-state index contributed by atoms with van der Waals surface area (Å²) in [4.78, 5) is 16.2.